The number of benzene rings is 1. The lowest BCUT2D eigenvalue weighted by Crippen LogP contribution is -2.23. The molecule has 0 aliphatic rings. The van der Waals surface area contributed by atoms with Crippen LogP contribution in [-0.4, -0.2) is 0 Å². The van der Waals surface area contributed by atoms with Crippen molar-refractivity contribution in [3.8, 4) is 0 Å². The highest BCUT2D eigenvalue weighted by Gasteiger charge is 2.34. The van der Waals surface area contributed by atoms with Crippen molar-refractivity contribution in [3.63, 3.8) is 0 Å². The molecule has 0 spiro atoms. The largest absolute Gasteiger partial charge is 0.419 e. The van der Waals surface area contributed by atoms with Crippen LogP contribution in [0, 0.1) is 17.2 Å². The van der Waals surface area contributed by atoms with Crippen molar-refractivity contribution in [2.75, 3.05) is 0 Å². The van der Waals surface area contributed by atoms with Crippen LogP contribution in [0.15, 0.2) is 18.2 Å². The van der Waals surface area contributed by atoms with Gasteiger partial charge in [-0.25, -0.2) is 4.39 Å². The fourth-order valence-electron chi connectivity index (χ4n) is 1.86. The van der Waals surface area contributed by atoms with E-state index in [2.05, 4.69) is 20.8 Å². The van der Waals surface area contributed by atoms with E-state index in [-0.39, 0.29) is 11.3 Å². The van der Waals surface area contributed by atoms with Gasteiger partial charge in [-0.2, -0.15) is 13.2 Å². The minimum absolute atomic E-state index is 0.0437. The van der Waals surface area contributed by atoms with Crippen molar-refractivity contribution in [2.45, 2.75) is 46.3 Å². The molecular formula is C15H21F4N. The van der Waals surface area contributed by atoms with Crippen LogP contribution >= 0.6 is 0 Å². The summed E-state index contributed by atoms with van der Waals surface area (Å²) in [5, 5.41) is 0. The highest BCUT2D eigenvalue weighted by molar-refractivity contribution is 5.28. The number of nitrogens with two attached hydrogens (primary N) is 1. The summed E-state index contributed by atoms with van der Waals surface area (Å²) in [6.07, 6.45) is -4.08. The molecule has 2 unspecified atom stereocenters. The van der Waals surface area contributed by atoms with Gasteiger partial charge in [0.25, 0.3) is 0 Å². The maximum atomic E-state index is 13.5. The summed E-state index contributed by atoms with van der Waals surface area (Å²) in [5.74, 6) is -1.00. The van der Waals surface area contributed by atoms with Gasteiger partial charge >= 0.3 is 6.18 Å². The highest BCUT2D eigenvalue weighted by Crippen LogP contribution is 2.35. The molecule has 2 atom stereocenters. The number of alkyl halides is 3. The first-order valence-corrected chi connectivity index (χ1v) is 6.55. The molecule has 1 rings (SSSR count). The van der Waals surface area contributed by atoms with Crippen LogP contribution in [0.3, 0.4) is 0 Å². The SMILES string of the molecule is CC(CC(N)c1ccc(C(F)(F)F)c(F)c1)C(C)(C)C. The lowest BCUT2D eigenvalue weighted by molar-refractivity contribution is -0.140. The number of rotatable bonds is 3. The van der Waals surface area contributed by atoms with Crippen LogP contribution in [0.25, 0.3) is 0 Å². The first kappa shape index (κ1) is 17.0. The summed E-state index contributed by atoms with van der Waals surface area (Å²) >= 11 is 0. The Morgan fingerprint density at radius 2 is 1.70 bits per heavy atom. The van der Waals surface area contributed by atoms with Crippen molar-refractivity contribution in [3.05, 3.63) is 35.1 Å². The molecule has 5 heteroatoms. The molecule has 1 aromatic carbocycles. The normalized spacial score (nSPS) is 16.1. The maximum absolute atomic E-state index is 13.5. The van der Waals surface area contributed by atoms with Crippen molar-refractivity contribution >= 4 is 0 Å². The Morgan fingerprint density at radius 1 is 1.15 bits per heavy atom. The van der Waals surface area contributed by atoms with E-state index in [9.17, 15) is 17.6 Å². The predicted octanol–water partition coefficient (Wildman–Crippen LogP) is 4.92. The first-order chi connectivity index (χ1) is 8.93. The molecule has 1 nitrogen and oxygen atoms in total. The van der Waals surface area contributed by atoms with Crippen molar-refractivity contribution in [2.24, 2.45) is 17.1 Å². The highest BCUT2D eigenvalue weighted by atomic mass is 19.4. The van der Waals surface area contributed by atoms with E-state index in [1.165, 1.54) is 6.07 Å². The molecule has 0 radical (unpaired) electrons. The zero-order chi connectivity index (χ0) is 15.7. The van der Waals surface area contributed by atoms with Crippen molar-refractivity contribution in [1.29, 1.82) is 0 Å². The monoisotopic (exact) mass is 291 g/mol. The average Bonchev–Trinajstić information content (AvgIpc) is 2.25. The Balaban J connectivity index is 2.91. The number of hydrogen-bond acceptors (Lipinski definition) is 1. The van der Waals surface area contributed by atoms with Crippen LogP contribution in [0.2, 0.25) is 0 Å². The number of halogens is 4. The van der Waals surface area contributed by atoms with Crippen LogP contribution < -0.4 is 5.73 Å². The smallest absolute Gasteiger partial charge is 0.324 e. The van der Waals surface area contributed by atoms with Gasteiger partial charge < -0.3 is 5.73 Å². The zero-order valence-corrected chi connectivity index (χ0v) is 12.2. The first-order valence-electron chi connectivity index (χ1n) is 6.55. The molecule has 0 fully saturated rings. The fourth-order valence-corrected chi connectivity index (χ4v) is 1.86. The molecule has 0 aliphatic carbocycles. The molecule has 0 aromatic heterocycles. The van der Waals surface area contributed by atoms with Crippen LogP contribution in [0.4, 0.5) is 17.6 Å². The Labute approximate surface area is 117 Å². The van der Waals surface area contributed by atoms with E-state index in [1.54, 1.807) is 0 Å². The lowest BCUT2D eigenvalue weighted by Gasteiger charge is -2.29. The molecule has 0 saturated carbocycles. The van der Waals surface area contributed by atoms with Gasteiger partial charge in [-0.05, 0) is 35.4 Å². The minimum Gasteiger partial charge on any atom is -0.324 e. The molecule has 0 heterocycles. The molecule has 0 saturated heterocycles. The molecular weight excluding hydrogens is 270 g/mol. The van der Waals surface area contributed by atoms with E-state index in [4.69, 9.17) is 5.73 Å². The van der Waals surface area contributed by atoms with Gasteiger partial charge in [0.15, 0.2) is 0 Å². The second-order valence-electron chi connectivity index (χ2n) is 6.35. The second kappa shape index (κ2) is 5.72. The van der Waals surface area contributed by atoms with Gasteiger partial charge in [0.2, 0.25) is 0 Å². The van der Waals surface area contributed by atoms with Crippen LogP contribution in [0.5, 0.6) is 0 Å². The van der Waals surface area contributed by atoms with Crippen LogP contribution in [0.1, 0.15) is 51.3 Å². The summed E-state index contributed by atoms with van der Waals surface area (Å²) in [5.41, 5.74) is 5.16. The van der Waals surface area contributed by atoms with Crippen molar-refractivity contribution < 1.29 is 17.6 Å². The Kier molecular flexibility index (Phi) is 4.85. The van der Waals surface area contributed by atoms with E-state index < -0.39 is 23.6 Å². The van der Waals surface area contributed by atoms with Gasteiger partial charge in [0, 0.05) is 6.04 Å². The van der Waals surface area contributed by atoms with E-state index in [1.807, 2.05) is 6.92 Å². The molecule has 20 heavy (non-hydrogen) atoms. The third kappa shape index (κ3) is 4.20. The number of hydrogen-bond donors (Lipinski definition) is 1. The summed E-state index contributed by atoms with van der Waals surface area (Å²) in [6, 6.07) is 2.43. The zero-order valence-electron chi connectivity index (χ0n) is 12.2. The second-order valence-corrected chi connectivity index (χ2v) is 6.35. The average molecular weight is 291 g/mol. The van der Waals surface area contributed by atoms with E-state index >= 15 is 0 Å². The predicted molar refractivity (Wildman–Crippen MR) is 71.6 cm³/mol. The van der Waals surface area contributed by atoms with Gasteiger partial charge in [-0.1, -0.05) is 33.8 Å². The third-order valence-electron chi connectivity index (χ3n) is 3.81. The Bertz CT molecular complexity index is 460. The van der Waals surface area contributed by atoms with E-state index in [0.717, 1.165) is 12.1 Å². The molecule has 114 valence electrons. The topological polar surface area (TPSA) is 26.0 Å². The summed E-state index contributed by atoms with van der Waals surface area (Å²) in [6.45, 7) is 8.23. The van der Waals surface area contributed by atoms with Gasteiger partial charge in [-0.15, -0.1) is 0 Å². The molecule has 0 bridgehead atoms. The van der Waals surface area contributed by atoms with Gasteiger partial charge in [0.1, 0.15) is 5.82 Å². The standard InChI is InChI=1S/C15H21F4N/c1-9(14(2,3)4)7-13(20)10-5-6-11(12(16)8-10)15(17,18)19/h5-6,8-9,13H,7,20H2,1-4H3. The van der Waals surface area contributed by atoms with Gasteiger partial charge in [0.05, 0.1) is 5.56 Å². The third-order valence-corrected chi connectivity index (χ3v) is 3.81. The maximum Gasteiger partial charge on any atom is 0.419 e. The Hall–Kier alpha value is -1.10. The Morgan fingerprint density at radius 3 is 2.10 bits per heavy atom. The quantitative estimate of drug-likeness (QED) is 0.786. The fraction of sp³-hybridized carbons (Fsp3) is 0.600. The molecule has 2 N–H and O–H groups in total. The molecule has 0 aliphatic heterocycles. The molecule has 1 aromatic rings. The molecule has 0 amide bonds. The van der Waals surface area contributed by atoms with Crippen molar-refractivity contribution in [1.82, 2.24) is 0 Å². The summed E-state index contributed by atoms with van der Waals surface area (Å²) < 4.78 is 50.9. The van der Waals surface area contributed by atoms with Crippen LogP contribution in [-0.2, 0) is 6.18 Å². The van der Waals surface area contributed by atoms with E-state index in [0.29, 0.717) is 12.0 Å². The van der Waals surface area contributed by atoms with Gasteiger partial charge in [-0.3, -0.25) is 0 Å². The lowest BCUT2D eigenvalue weighted by atomic mass is 9.78. The summed E-state index contributed by atoms with van der Waals surface area (Å²) in [4.78, 5) is 0. The summed E-state index contributed by atoms with van der Waals surface area (Å²) in [7, 11) is 0. The minimum atomic E-state index is -4.68.